The molecule has 0 aromatic carbocycles. The highest BCUT2D eigenvalue weighted by molar-refractivity contribution is 14.1. The van der Waals surface area contributed by atoms with Gasteiger partial charge < -0.3 is 0 Å². The summed E-state index contributed by atoms with van der Waals surface area (Å²) in [6.45, 7) is 0. The minimum atomic E-state index is -2.72. The van der Waals surface area contributed by atoms with Gasteiger partial charge in [0.05, 0.1) is 3.57 Å². The van der Waals surface area contributed by atoms with E-state index in [1.54, 1.807) is 0 Å². The zero-order chi connectivity index (χ0) is 10.0. The molecular formula is C7H4ClF3IN. The molecule has 0 bridgehead atoms. The maximum atomic E-state index is 12.8. The molecule has 0 amide bonds. The van der Waals surface area contributed by atoms with Crippen molar-refractivity contribution in [2.45, 2.75) is 12.3 Å². The van der Waals surface area contributed by atoms with E-state index in [1.807, 2.05) is 0 Å². The summed E-state index contributed by atoms with van der Waals surface area (Å²) in [5, 5.41) is 0. The minimum Gasteiger partial charge on any atom is -0.227 e. The lowest BCUT2D eigenvalue weighted by Crippen LogP contribution is -2.01. The molecule has 1 aromatic heterocycles. The SMILES string of the molecule is Fc1ncc(CCl)c(C(F)F)c1I. The predicted octanol–water partition coefficient (Wildman–Crippen LogP) is 3.50. The first-order valence-corrected chi connectivity index (χ1v) is 4.86. The summed E-state index contributed by atoms with van der Waals surface area (Å²) >= 11 is 6.89. The van der Waals surface area contributed by atoms with Crippen LogP contribution < -0.4 is 0 Å². The Hall–Kier alpha value is -0.0400. The van der Waals surface area contributed by atoms with Crippen LogP contribution in [0, 0.1) is 9.52 Å². The molecule has 0 atom stereocenters. The molecule has 0 unspecified atom stereocenters. The van der Waals surface area contributed by atoms with Gasteiger partial charge >= 0.3 is 0 Å². The highest BCUT2D eigenvalue weighted by atomic mass is 127. The average molecular weight is 321 g/mol. The van der Waals surface area contributed by atoms with E-state index in [1.165, 1.54) is 22.6 Å². The van der Waals surface area contributed by atoms with Crippen molar-refractivity contribution in [1.29, 1.82) is 0 Å². The highest BCUT2D eigenvalue weighted by Crippen LogP contribution is 2.29. The summed E-state index contributed by atoms with van der Waals surface area (Å²) < 4.78 is 37.4. The lowest BCUT2D eigenvalue weighted by molar-refractivity contribution is 0.148. The molecule has 0 saturated carbocycles. The molecule has 72 valence electrons. The monoisotopic (exact) mass is 321 g/mol. The Bertz CT molecular complexity index is 319. The third-order valence-corrected chi connectivity index (χ3v) is 2.77. The van der Waals surface area contributed by atoms with Gasteiger partial charge in [0.25, 0.3) is 6.43 Å². The van der Waals surface area contributed by atoms with Gasteiger partial charge in [0, 0.05) is 17.6 Å². The second kappa shape index (κ2) is 4.45. The van der Waals surface area contributed by atoms with Gasteiger partial charge in [-0.25, -0.2) is 13.8 Å². The first-order valence-electron chi connectivity index (χ1n) is 3.24. The third-order valence-electron chi connectivity index (χ3n) is 1.46. The van der Waals surface area contributed by atoms with Crippen LogP contribution in [0.25, 0.3) is 0 Å². The number of rotatable bonds is 2. The fraction of sp³-hybridized carbons (Fsp3) is 0.286. The molecular weight excluding hydrogens is 317 g/mol. The molecule has 0 N–H and O–H groups in total. The topological polar surface area (TPSA) is 12.9 Å². The fourth-order valence-corrected chi connectivity index (χ4v) is 1.79. The molecule has 6 heteroatoms. The van der Waals surface area contributed by atoms with Crippen LogP contribution in [0.2, 0.25) is 0 Å². The van der Waals surface area contributed by atoms with E-state index in [4.69, 9.17) is 11.6 Å². The summed E-state index contributed by atoms with van der Waals surface area (Å²) in [6.07, 6.45) is -1.69. The molecule has 0 aliphatic heterocycles. The van der Waals surface area contributed by atoms with Crippen molar-refractivity contribution in [3.63, 3.8) is 0 Å². The zero-order valence-electron chi connectivity index (χ0n) is 6.20. The van der Waals surface area contributed by atoms with Gasteiger partial charge in [0.2, 0.25) is 5.95 Å². The van der Waals surface area contributed by atoms with E-state index < -0.39 is 12.4 Å². The number of nitrogens with zero attached hydrogens (tertiary/aromatic N) is 1. The van der Waals surface area contributed by atoms with Crippen molar-refractivity contribution in [3.05, 3.63) is 26.8 Å². The molecule has 0 saturated heterocycles. The van der Waals surface area contributed by atoms with Crippen LogP contribution in [-0.2, 0) is 5.88 Å². The van der Waals surface area contributed by atoms with E-state index in [9.17, 15) is 13.2 Å². The van der Waals surface area contributed by atoms with Crippen molar-refractivity contribution >= 4 is 34.2 Å². The molecule has 0 aliphatic rings. The van der Waals surface area contributed by atoms with Crippen molar-refractivity contribution in [2.75, 3.05) is 0 Å². The lowest BCUT2D eigenvalue weighted by Gasteiger charge is -2.07. The van der Waals surface area contributed by atoms with Crippen LogP contribution >= 0.6 is 34.2 Å². The minimum absolute atomic E-state index is 0.0943. The normalized spacial score (nSPS) is 10.9. The smallest absolute Gasteiger partial charge is 0.227 e. The van der Waals surface area contributed by atoms with Crippen LogP contribution in [0.15, 0.2) is 6.20 Å². The maximum absolute atomic E-state index is 12.8. The number of pyridine rings is 1. The van der Waals surface area contributed by atoms with Crippen molar-refractivity contribution in [1.82, 2.24) is 4.98 Å². The molecule has 0 spiro atoms. The van der Waals surface area contributed by atoms with Gasteiger partial charge in [-0.15, -0.1) is 11.6 Å². The molecule has 1 rings (SSSR count). The van der Waals surface area contributed by atoms with Crippen molar-refractivity contribution in [2.24, 2.45) is 0 Å². The Morgan fingerprint density at radius 2 is 2.15 bits per heavy atom. The van der Waals surface area contributed by atoms with E-state index in [0.29, 0.717) is 0 Å². The summed E-state index contributed by atoms with van der Waals surface area (Å²) in [7, 11) is 0. The molecule has 1 aromatic rings. The van der Waals surface area contributed by atoms with Gasteiger partial charge in [-0.05, 0) is 28.2 Å². The van der Waals surface area contributed by atoms with Crippen LogP contribution in [0.5, 0.6) is 0 Å². The third kappa shape index (κ3) is 2.25. The molecule has 0 radical (unpaired) electrons. The van der Waals surface area contributed by atoms with E-state index in [2.05, 4.69) is 4.98 Å². The largest absolute Gasteiger partial charge is 0.265 e. The second-order valence-corrected chi connectivity index (χ2v) is 3.58. The van der Waals surface area contributed by atoms with Crippen LogP contribution in [0.4, 0.5) is 13.2 Å². The summed E-state index contributed by atoms with van der Waals surface area (Å²) in [5.41, 5.74) is -0.189. The first-order chi connectivity index (χ1) is 6.07. The van der Waals surface area contributed by atoms with Crippen LogP contribution in [0.1, 0.15) is 17.6 Å². The van der Waals surface area contributed by atoms with Crippen molar-refractivity contribution in [3.8, 4) is 0 Å². The number of hydrogen-bond donors (Lipinski definition) is 0. The summed E-state index contributed by atoms with van der Waals surface area (Å²) in [6, 6.07) is 0. The van der Waals surface area contributed by atoms with Gasteiger partial charge in [-0.1, -0.05) is 0 Å². The Labute approximate surface area is 91.4 Å². The molecule has 1 nitrogen and oxygen atoms in total. The maximum Gasteiger partial charge on any atom is 0.265 e. The van der Waals surface area contributed by atoms with Crippen LogP contribution in [-0.4, -0.2) is 4.98 Å². The highest BCUT2D eigenvalue weighted by Gasteiger charge is 2.19. The molecule has 0 fully saturated rings. The number of alkyl halides is 3. The van der Waals surface area contributed by atoms with E-state index >= 15 is 0 Å². The molecule has 13 heavy (non-hydrogen) atoms. The van der Waals surface area contributed by atoms with Crippen molar-refractivity contribution < 1.29 is 13.2 Å². The lowest BCUT2D eigenvalue weighted by atomic mass is 10.2. The van der Waals surface area contributed by atoms with E-state index in [0.717, 1.165) is 6.20 Å². The number of aromatic nitrogens is 1. The van der Waals surface area contributed by atoms with Gasteiger partial charge in [-0.3, -0.25) is 0 Å². The van der Waals surface area contributed by atoms with Gasteiger partial charge in [0.1, 0.15) is 0 Å². The first kappa shape index (κ1) is 11.0. The summed E-state index contributed by atoms with van der Waals surface area (Å²) in [5.74, 6) is -0.979. The Kier molecular flexibility index (Phi) is 3.78. The van der Waals surface area contributed by atoms with Gasteiger partial charge in [-0.2, -0.15) is 4.39 Å². The number of hydrogen-bond acceptors (Lipinski definition) is 1. The second-order valence-electron chi connectivity index (χ2n) is 2.24. The molecule has 1 heterocycles. The average Bonchev–Trinajstić information content (AvgIpc) is 2.08. The Balaban J connectivity index is 3.32. The number of halogens is 5. The fourth-order valence-electron chi connectivity index (χ4n) is 0.855. The Morgan fingerprint density at radius 1 is 1.54 bits per heavy atom. The van der Waals surface area contributed by atoms with Crippen LogP contribution in [0.3, 0.4) is 0 Å². The zero-order valence-corrected chi connectivity index (χ0v) is 9.11. The van der Waals surface area contributed by atoms with Gasteiger partial charge in [0.15, 0.2) is 0 Å². The summed E-state index contributed by atoms with van der Waals surface area (Å²) in [4.78, 5) is 3.30. The quantitative estimate of drug-likeness (QED) is 0.461. The van der Waals surface area contributed by atoms with E-state index in [-0.39, 0.29) is 20.6 Å². The Morgan fingerprint density at radius 3 is 2.62 bits per heavy atom. The standard InChI is InChI=1S/C7H4ClF3IN/c8-1-3-2-13-7(11)5(12)4(3)6(9)10/h2,6H,1H2. The predicted molar refractivity (Wildman–Crippen MR) is 51.4 cm³/mol. The molecule has 0 aliphatic carbocycles.